The van der Waals surface area contributed by atoms with Crippen molar-refractivity contribution >= 4 is 5.97 Å². The van der Waals surface area contributed by atoms with Gasteiger partial charge in [-0.25, -0.2) is 4.85 Å². The van der Waals surface area contributed by atoms with Gasteiger partial charge in [0, 0.05) is 12.2 Å². The van der Waals surface area contributed by atoms with Crippen molar-refractivity contribution in [2.75, 3.05) is 13.7 Å². The summed E-state index contributed by atoms with van der Waals surface area (Å²) in [7, 11) is 1.29. The third kappa shape index (κ3) is 2.22. The lowest BCUT2D eigenvalue weighted by molar-refractivity contribution is -0.135. The van der Waals surface area contributed by atoms with E-state index in [1.807, 2.05) is 0 Å². The lowest BCUT2D eigenvalue weighted by atomic mass is 10.1. The lowest BCUT2D eigenvalue weighted by Crippen LogP contribution is -2.23. The van der Waals surface area contributed by atoms with Crippen molar-refractivity contribution < 1.29 is 9.53 Å². The predicted octanol–water partition coefficient (Wildman–Crippen LogP) is 1.06. The van der Waals surface area contributed by atoms with E-state index >= 15 is 0 Å². The molecule has 13 heavy (non-hydrogen) atoms. The number of methoxy groups -OCH3 is 1. The van der Waals surface area contributed by atoms with Crippen molar-refractivity contribution in [1.82, 2.24) is 5.32 Å². The lowest BCUT2D eigenvalue weighted by Gasteiger charge is -2.17. The van der Waals surface area contributed by atoms with Crippen molar-refractivity contribution in [2.24, 2.45) is 0 Å². The van der Waals surface area contributed by atoms with Crippen molar-refractivity contribution in [3.8, 4) is 0 Å². The van der Waals surface area contributed by atoms with E-state index in [0.717, 1.165) is 31.5 Å². The van der Waals surface area contributed by atoms with Gasteiger partial charge in [0.2, 0.25) is 0 Å². The fourth-order valence-electron chi connectivity index (χ4n) is 1.29. The number of hydrogen-bond donors (Lipinski definition) is 1. The molecule has 0 saturated carbocycles. The Labute approximate surface area is 77.4 Å². The van der Waals surface area contributed by atoms with Crippen LogP contribution in [-0.4, -0.2) is 19.6 Å². The number of carbonyl (C=O) groups is 1. The van der Waals surface area contributed by atoms with E-state index in [2.05, 4.69) is 14.9 Å². The fraction of sp³-hybridized carbons (Fsp3) is 0.556. The predicted molar refractivity (Wildman–Crippen MR) is 47.5 cm³/mol. The van der Waals surface area contributed by atoms with Gasteiger partial charge in [-0.05, 0) is 19.3 Å². The Morgan fingerprint density at radius 1 is 1.62 bits per heavy atom. The van der Waals surface area contributed by atoms with Crippen LogP contribution < -0.4 is 5.32 Å². The molecule has 0 radical (unpaired) electrons. The highest BCUT2D eigenvalue weighted by Crippen LogP contribution is 2.16. The molecule has 0 spiro atoms. The molecule has 1 heterocycles. The Bertz CT molecular complexity index is 268. The van der Waals surface area contributed by atoms with Crippen LogP contribution >= 0.6 is 0 Å². The monoisotopic (exact) mass is 180 g/mol. The highest BCUT2D eigenvalue weighted by Gasteiger charge is 2.17. The summed E-state index contributed by atoms with van der Waals surface area (Å²) in [6.45, 7) is 7.69. The van der Waals surface area contributed by atoms with Gasteiger partial charge < -0.3 is 10.1 Å². The molecule has 0 aromatic rings. The SMILES string of the molecule is [C-]#[N+]/C(C(=O)OC)=C1\CCCCN1. The summed E-state index contributed by atoms with van der Waals surface area (Å²) in [6.07, 6.45) is 2.89. The van der Waals surface area contributed by atoms with E-state index in [0.29, 0.717) is 0 Å². The molecular weight excluding hydrogens is 168 g/mol. The number of nitrogens with one attached hydrogen (secondary N) is 1. The number of hydrogen-bond acceptors (Lipinski definition) is 3. The van der Waals surface area contributed by atoms with Crippen LogP contribution in [0.2, 0.25) is 0 Å². The number of ether oxygens (including phenoxy) is 1. The second-order valence-electron chi connectivity index (χ2n) is 2.81. The molecule has 1 aliphatic rings. The van der Waals surface area contributed by atoms with Gasteiger partial charge in [0.1, 0.15) is 0 Å². The van der Waals surface area contributed by atoms with E-state index in [-0.39, 0.29) is 5.70 Å². The zero-order chi connectivity index (χ0) is 9.68. The number of rotatable bonds is 1. The third-order valence-corrected chi connectivity index (χ3v) is 1.97. The van der Waals surface area contributed by atoms with Crippen LogP contribution in [-0.2, 0) is 9.53 Å². The number of esters is 1. The van der Waals surface area contributed by atoms with Gasteiger partial charge >= 0.3 is 5.97 Å². The number of piperidine rings is 1. The summed E-state index contributed by atoms with van der Waals surface area (Å²) in [5.41, 5.74) is 0.829. The molecule has 70 valence electrons. The quantitative estimate of drug-likeness (QED) is 0.373. The largest absolute Gasteiger partial charge is 0.474 e. The maximum absolute atomic E-state index is 11.1. The van der Waals surface area contributed by atoms with Crippen LogP contribution in [0.15, 0.2) is 11.4 Å². The number of nitrogens with zero attached hydrogens (tertiary/aromatic N) is 1. The Hall–Kier alpha value is -1.50. The molecule has 4 heteroatoms. The average Bonchev–Trinajstić information content (AvgIpc) is 2.20. The minimum absolute atomic E-state index is 0.0993. The molecule has 1 aliphatic heterocycles. The molecule has 1 N–H and O–H groups in total. The zero-order valence-corrected chi connectivity index (χ0v) is 7.59. The molecule has 4 nitrogen and oxygen atoms in total. The summed E-state index contributed by atoms with van der Waals surface area (Å²) in [5.74, 6) is -0.542. The van der Waals surface area contributed by atoms with Gasteiger partial charge in [-0.3, -0.25) is 4.79 Å². The molecule has 0 bridgehead atoms. The van der Waals surface area contributed by atoms with Gasteiger partial charge in [0.05, 0.1) is 13.7 Å². The van der Waals surface area contributed by atoms with E-state index < -0.39 is 5.97 Å². The normalized spacial score (nSPS) is 19.7. The Morgan fingerprint density at radius 3 is 2.85 bits per heavy atom. The maximum atomic E-state index is 11.1. The first-order valence-corrected chi connectivity index (χ1v) is 4.22. The standard InChI is InChI=1S/C9H12N2O2/c1-10-8(9(12)13-2)7-5-3-4-6-11-7/h11H,3-6H2,2H3/b8-7+. The number of allylic oxidation sites excluding steroid dienone is 1. The average molecular weight is 180 g/mol. The number of carbonyl (C=O) groups excluding carboxylic acids is 1. The molecule has 1 saturated heterocycles. The molecule has 1 fully saturated rings. The first kappa shape index (κ1) is 9.59. The summed E-state index contributed by atoms with van der Waals surface area (Å²) in [6, 6.07) is 0. The summed E-state index contributed by atoms with van der Waals surface area (Å²) < 4.78 is 4.51. The summed E-state index contributed by atoms with van der Waals surface area (Å²) in [4.78, 5) is 14.3. The molecular formula is C9H12N2O2. The maximum Gasteiger partial charge on any atom is 0.337 e. The van der Waals surface area contributed by atoms with E-state index in [9.17, 15) is 4.79 Å². The van der Waals surface area contributed by atoms with Crippen LogP contribution in [0.25, 0.3) is 4.85 Å². The Kier molecular flexibility index (Phi) is 3.32. The molecule has 0 amide bonds. The Balaban J connectivity index is 2.84. The second-order valence-corrected chi connectivity index (χ2v) is 2.81. The topological polar surface area (TPSA) is 42.7 Å². The van der Waals surface area contributed by atoms with Gasteiger partial charge in [-0.15, -0.1) is 0 Å². The Morgan fingerprint density at radius 2 is 2.38 bits per heavy atom. The van der Waals surface area contributed by atoms with Crippen LogP contribution in [0, 0.1) is 6.57 Å². The van der Waals surface area contributed by atoms with Gasteiger partial charge in [0.25, 0.3) is 5.70 Å². The van der Waals surface area contributed by atoms with Gasteiger partial charge in [-0.2, -0.15) is 0 Å². The van der Waals surface area contributed by atoms with Gasteiger partial charge in [-0.1, -0.05) is 0 Å². The van der Waals surface area contributed by atoms with Crippen molar-refractivity contribution in [1.29, 1.82) is 0 Å². The van der Waals surface area contributed by atoms with Gasteiger partial charge in [0.15, 0.2) is 0 Å². The zero-order valence-electron chi connectivity index (χ0n) is 7.59. The van der Waals surface area contributed by atoms with Crippen LogP contribution in [0.4, 0.5) is 0 Å². The molecule has 0 aromatic carbocycles. The molecule has 0 unspecified atom stereocenters. The smallest absolute Gasteiger partial charge is 0.337 e. The van der Waals surface area contributed by atoms with Crippen LogP contribution in [0.5, 0.6) is 0 Å². The summed E-state index contributed by atoms with van der Waals surface area (Å²) in [5, 5.41) is 3.05. The fourth-order valence-corrected chi connectivity index (χ4v) is 1.29. The van der Waals surface area contributed by atoms with E-state index in [1.165, 1.54) is 7.11 Å². The molecule has 1 rings (SSSR count). The van der Waals surface area contributed by atoms with Crippen LogP contribution in [0.1, 0.15) is 19.3 Å². The van der Waals surface area contributed by atoms with E-state index in [1.54, 1.807) is 0 Å². The van der Waals surface area contributed by atoms with Crippen LogP contribution in [0.3, 0.4) is 0 Å². The van der Waals surface area contributed by atoms with Crippen molar-refractivity contribution in [2.45, 2.75) is 19.3 Å². The third-order valence-electron chi connectivity index (χ3n) is 1.97. The summed E-state index contributed by atoms with van der Waals surface area (Å²) >= 11 is 0. The molecule has 0 aromatic heterocycles. The highest BCUT2D eigenvalue weighted by molar-refractivity contribution is 5.91. The van der Waals surface area contributed by atoms with Crippen molar-refractivity contribution in [3.63, 3.8) is 0 Å². The first-order chi connectivity index (χ1) is 6.29. The molecule has 0 aliphatic carbocycles. The second kappa shape index (κ2) is 4.51. The minimum Gasteiger partial charge on any atom is -0.474 e. The van der Waals surface area contributed by atoms with E-state index in [4.69, 9.17) is 6.57 Å². The minimum atomic E-state index is -0.542. The van der Waals surface area contributed by atoms with Crippen molar-refractivity contribution in [3.05, 3.63) is 22.8 Å². The first-order valence-electron chi connectivity index (χ1n) is 4.22. The molecule has 0 atom stereocenters. The highest BCUT2D eigenvalue weighted by atomic mass is 16.5.